The van der Waals surface area contributed by atoms with Gasteiger partial charge >= 0.3 is 0 Å². The third kappa shape index (κ3) is 3.16. The van der Waals surface area contributed by atoms with E-state index in [2.05, 4.69) is 17.6 Å². The van der Waals surface area contributed by atoms with Crippen LogP contribution in [0.25, 0.3) is 0 Å². The quantitative estimate of drug-likeness (QED) is 0.793. The number of nitrogens with one attached hydrogen (secondary N) is 2. The summed E-state index contributed by atoms with van der Waals surface area (Å²) in [5.74, 6) is -0.303. The number of carbonyl (C=O) groups is 2. The van der Waals surface area contributed by atoms with Gasteiger partial charge in [0.25, 0.3) is 0 Å². The third-order valence-electron chi connectivity index (χ3n) is 4.59. The van der Waals surface area contributed by atoms with Gasteiger partial charge in [-0.05, 0) is 50.7 Å². The first-order chi connectivity index (χ1) is 10.4. The van der Waals surface area contributed by atoms with Crippen molar-refractivity contribution in [2.75, 3.05) is 5.32 Å². The van der Waals surface area contributed by atoms with Crippen molar-refractivity contribution in [2.24, 2.45) is 5.41 Å². The molecule has 4 heteroatoms. The van der Waals surface area contributed by atoms with E-state index < -0.39 is 5.41 Å². The van der Waals surface area contributed by atoms with Gasteiger partial charge in [0.1, 0.15) is 5.41 Å². The van der Waals surface area contributed by atoms with Gasteiger partial charge in [0.2, 0.25) is 11.8 Å². The molecule has 1 unspecified atom stereocenters. The molecule has 1 aliphatic rings. The number of aryl methyl sites for hydroxylation is 2. The van der Waals surface area contributed by atoms with Crippen molar-refractivity contribution in [3.8, 4) is 0 Å². The van der Waals surface area contributed by atoms with E-state index in [9.17, 15) is 9.59 Å². The highest BCUT2D eigenvalue weighted by Gasteiger charge is 2.56. The van der Waals surface area contributed by atoms with E-state index in [1.165, 1.54) is 0 Å². The largest absolute Gasteiger partial charge is 0.353 e. The Bertz CT molecular complexity index is 576. The van der Waals surface area contributed by atoms with E-state index in [0.29, 0.717) is 12.8 Å². The Morgan fingerprint density at radius 2 is 1.91 bits per heavy atom. The summed E-state index contributed by atoms with van der Waals surface area (Å²) in [7, 11) is 0. The fourth-order valence-electron chi connectivity index (χ4n) is 2.58. The van der Waals surface area contributed by atoms with E-state index in [4.69, 9.17) is 0 Å². The molecule has 0 radical (unpaired) electrons. The maximum atomic E-state index is 12.7. The molecule has 1 aliphatic carbocycles. The SMILES string of the molecule is CCc1cccc(C)c1NC(=O)C1(C(=O)NC(C)CC)CC1. The summed E-state index contributed by atoms with van der Waals surface area (Å²) in [6.45, 7) is 8.02. The lowest BCUT2D eigenvalue weighted by atomic mass is 10.0. The van der Waals surface area contributed by atoms with Crippen molar-refractivity contribution in [1.29, 1.82) is 0 Å². The summed E-state index contributed by atoms with van der Waals surface area (Å²) < 4.78 is 0. The molecular weight excluding hydrogens is 276 g/mol. The molecule has 0 saturated heterocycles. The van der Waals surface area contributed by atoms with Crippen LogP contribution < -0.4 is 10.6 Å². The first-order valence-electron chi connectivity index (χ1n) is 8.15. The van der Waals surface area contributed by atoms with Crippen LogP contribution in [0, 0.1) is 12.3 Å². The molecule has 2 N–H and O–H groups in total. The lowest BCUT2D eigenvalue weighted by Gasteiger charge is -2.20. The maximum absolute atomic E-state index is 12.7. The van der Waals surface area contributed by atoms with E-state index >= 15 is 0 Å². The Kier molecular flexibility index (Phi) is 4.89. The number of para-hydroxylation sites is 1. The number of carbonyl (C=O) groups excluding carboxylic acids is 2. The Balaban J connectivity index is 2.14. The van der Waals surface area contributed by atoms with Gasteiger partial charge in [-0.3, -0.25) is 9.59 Å². The molecule has 22 heavy (non-hydrogen) atoms. The second-order valence-electron chi connectivity index (χ2n) is 6.28. The maximum Gasteiger partial charge on any atom is 0.240 e. The van der Waals surface area contributed by atoms with E-state index in [0.717, 1.165) is 29.7 Å². The minimum Gasteiger partial charge on any atom is -0.353 e. The highest BCUT2D eigenvalue weighted by atomic mass is 16.2. The predicted molar refractivity (Wildman–Crippen MR) is 88.7 cm³/mol. The molecule has 0 aliphatic heterocycles. The van der Waals surface area contributed by atoms with Crippen LogP contribution in [0.2, 0.25) is 0 Å². The van der Waals surface area contributed by atoms with Crippen LogP contribution in [0.1, 0.15) is 51.2 Å². The van der Waals surface area contributed by atoms with Crippen LogP contribution in [0.15, 0.2) is 18.2 Å². The van der Waals surface area contributed by atoms with Gasteiger partial charge in [-0.1, -0.05) is 32.0 Å². The van der Waals surface area contributed by atoms with Crippen LogP contribution in [-0.2, 0) is 16.0 Å². The molecular formula is C18H26N2O2. The van der Waals surface area contributed by atoms with Crippen molar-refractivity contribution >= 4 is 17.5 Å². The number of hydrogen-bond donors (Lipinski definition) is 2. The summed E-state index contributed by atoms with van der Waals surface area (Å²) in [6.07, 6.45) is 2.98. The normalized spacial score (nSPS) is 16.7. The molecule has 1 aromatic rings. The lowest BCUT2D eigenvalue weighted by Crippen LogP contribution is -2.43. The summed E-state index contributed by atoms with van der Waals surface area (Å²) in [5, 5.41) is 5.95. The summed E-state index contributed by atoms with van der Waals surface area (Å²) >= 11 is 0. The van der Waals surface area contributed by atoms with Crippen LogP contribution in [0.5, 0.6) is 0 Å². The van der Waals surface area contributed by atoms with Gasteiger partial charge in [-0.2, -0.15) is 0 Å². The Labute approximate surface area is 132 Å². The van der Waals surface area contributed by atoms with Crippen LogP contribution in [0.4, 0.5) is 5.69 Å². The average molecular weight is 302 g/mol. The molecule has 1 saturated carbocycles. The summed E-state index contributed by atoms with van der Waals surface area (Å²) in [4.78, 5) is 25.1. The number of hydrogen-bond acceptors (Lipinski definition) is 2. The topological polar surface area (TPSA) is 58.2 Å². The van der Waals surface area contributed by atoms with Crippen molar-refractivity contribution in [1.82, 2.24) is 5.32 Å². The first kappa shape index (κ1) is 16.5. The molecule has 1 fully saturated rings. The Morgan fingerprint density at radius 3 is 2.45 bits per heavy atom. The van der Waals surface area contributed by atoms with Gasteiger partial charge in [0.15, 0.2) is 0 Å². The lowest BCUT2D eigenvalue weighted by molar-refractivity contribution is -0.134. The van der Waals surface area contributed by atoms with Crippen molar-refractivity contribution in [3.05, 3.63) is 29.3 Å². The molecule has 0 bridgehead atoms. The summed E-state index contributed by atoms with van der Waals surface area (Å²) in [6, 6.07) is 6.09. The predicted octanol–water partition coefficient (Wildman–Crippen LogP) is 3.19. The first-order valence-corrected chi connectivity index (χ1v) is 8.15. The fourth-order valence-corrected chi connectivity index (χ4v) is 2.58. The minimum absolute atomic E-state index is 0.0995. The van der Waals surface area contributed by atoms with Crippen molar-refractivity contribution in [2.45, 2.75) is 59.4 Å². The van der Waals surface area contributed by atoms with Gasteiger partial charge in [-0.25, -0.2) is 0 Å². The average Bonchev–Trinajstić information content (AvgIpc) is 3.30. The minimum atomic E-state index is -0.864. The van der Waals surface area contributed by atoms with Gasteiger partial charge < -0.3 is 10.6 Å². The number of amides is 2. The molecule has 1 atom stereocenters. The monoisotopic (exact) mass is 302 g/mol. The molecule has 120 valence electrons. The van der Waals surface area contributed by atoms with Crippen molar-refractivity contribution < 1.29 is 9.59 Å². The highest BCUT2D eigenvalue weighted by Crippen LogP contribution is 2.47. The Morgan fingerprint density at radius 1 is 1.23 bits per heavy atom. The standard InChI is InChI=1S/C18H26N2O2/c1-5-13(4)19-16(21)18(10-11-18)17(22)20-15-12(3)8-7-9-14(15)6-2/h7-9,13H,5-6,10-11H2,1-4H3,(H,19,21)(H,20,22). The molecule has 0 aromatic heterocycles. The highest BCUT2D eigenvalue weighted by molar-refractivity contribution is 6.13. The molecule has 4 nitrogen and oxygen atoms in total. The van der Waals surface area contributed by atoms with E-state index in [1.807, 2.05) is 39.0 Å². The smallest absolute Gasteiger partial charge is 0.240 e. The molecule has 2 rings (SSSR count). The zero-order chi connectivity index (χ0) is 16.3. The zero-order valence-corrected chi connectivity index (χ0v) is 14.0. The van der Waals surface area contributed by atoms with E-state index in [-0.39, 0.29) is 17.9 Å². The van der Waals surface area contributed by atoms with Crippen molar-refractivity contribution in [3.63, 3.8) is 0 Å². The second-order valence-corrected chi connectivity index (χ2v) is 6.28. The fraction of sp³-hybridized carbons (Fsp3) is 0.556. The van der Waals surface area contributed by atoms with Gasteiger partial charge in [-0.15, -0.1) is 0 Å². The molecule has 0 spiro atoms. The van der Waals surface area contributed by atoms with Gasteiger partial charge in [0, 0.05) is 11.7 Å². The number of rotatable bonds is 6. The third-order valence-corrected chi connectivity index (χ3v) is 4.59. The zero-order valence-electron chi connectivity index (χ0n) is 14.0. The molecule has 1 aromatic carbocycles. The molecule has 0 heterocycles. The van der Waals surface area contributed by atoms with Crippen LogP contribution in [0.3, 0.4) is 0 Å². The van der Waals surface area contributed by atoms with Crippen LogP contribution in [-0.4, -0.2) is 17.9 Å². The van der Waals surface area contributed by atoms with Crippen LogP contribution >= 0.6 is 0 Å². The second kappa shape index (κ2) is 6.51. The van der Waals surface area contributed by atoms with E-state index in [1.54, 1.807) is 0 Å². The molecule has 2 amide bonds. The Hall–Kier alpha value is -1.84. The van der Waals surface area contributed by atoms with Gasteiger partial charge in [0.05, 0.1) is 0 Å². The number of anilines is 1. The number of benzene rings is 1. The summed E-state index contributed by atoms with van der Waals surface area (Å²) in [5.41, 5.74) is 2.13.